The van der Waals surface area contributed by atoms with Crippen LogP contribution >= 0.6 is 0 Å². The second-order valence-electron chi connectivity index (χ2n) is 4.08. The van der Waals surface area contributed by atoms with Crippen molar-refractivity contribution in [1.29, 1.82) is 0 Å². The van der Waals surface area contributed by atoms with Crippen molar-refractivity contribution in [1.82, 2.24) is 10.3 Å². The number of ether oxygens (including phenoxy) is 1. The molecule has 100 valence electrons. The van der Waals surface area contributed by atoms with Crippen LogP contribution in [0.15, 0.2) is 36.7 Å². The largest absolute Gasteiger partial charge is 0.495 e. The Morgan fingerprint density at radius 3 is 2.32 bits per heavy atom. The van der Waals surface area contributed by atoms with Gasteiger partial charge in [0.1, 0.15) is 17.4 Å². The molecular weight excluding hydrogens is 250 g/mol. The summed E-state index contributed by atoms with van der Waals surface area (Å²) >= 11 is 0. The number of pyridine rings is 1. The lowest BCUT2D eigenvalue weighted by molar-refractivity contribution is 0.411. The molecule has 1 heterocycles. The molecular formula is C14H14F2N2O. The van der Waals surface area contributed by atoms with Gasteiger partial charge in [0.05, 0.1) is 19.3 Å². The molecule has 0 aliphatic rings. The van der Waals surface area contributed by atoms with Gasteiger partial charge in [0.15, 0.2) is 0 Å². The number of methoxy groups -OCH3 is 1. The van der Waals surface area contributed by atoms with Gasteiger partial charge in [0.25, 0.3) is 0 Å². The first kappa shape index (κ1) is 13.4. The van der Waals surface area contributed by atoms with E-state index in [1.54, 1.807) is 25.5 Å². The molecule has 3 nitrogen and oxygen atoms in total. The standard InChI is InChI=1S/C14H14F2N2O/c1-17-14(9-3-11(15)6-12(16)4-9)10-5-13(19-2)8-18-7-10/h3-8,14,17H,1-2H3. The van der Waals surface area contributed by atoms with Crippen LogP contribution in [0.4, 0.5) is 8.78 Å². The number of rotatable bonds is 4. The van der Waals surface area contributed by atoms with Gasteiger partial charge in [-0.1, -0.05) is 0 Å². The van der Waals surface area contributed by atoms with E-state index < -0.39 is 11.6 Å². The molecule has 0 saturated heterocycles. The van der Waals surface area contributed by atoms with Crippen molar-refractivity contribution >= 4 is 0 Å². The summed E-state index contributed by atoms with van der Waals surface area (Å²) in [6.45, 7) is 0. The highest BCUT2D eigenvalue weighted by atomic mass is 19.1. The normalized spacial score (nSPS) is 12.2. The van der Waals surface area contributed by atoms with E-state index in [1.807, 2.05) is 0 Å². The fraction of sp³-hybridized carbons (Fsp3) is 0.214. The van der Waals surface area contributed by atoms with Crippen LogP contribution < -0.4 is 10.1 Å². The first-order valence-electron chi connectivity index (χ1n) is 5.76. The molecule has 0 radical (unpaired) electrons. The summed E-state index contributed by atoms with van der Waals surface area (Å²) in [5, 5.41) is 3.01. The first-order chi connectivity index (χ1) is 9.13. The van der Waals surface area contributed by atoms with Gasteiger partial charge in [0, 0.05) is 12.3 Å². The Balaban J connectivity index is 2.43. The van der Waals surface area contributed by atoms with Gasteiger partial charge in [-0.05, 0) is 36.4 Å². The maximum atomic E-state index is 13.3. The molecule has 0 bridgehead atoms. The lowest BCUT2D eigenvalue weighted by atomic mass is 10.00. The van der Waals surface area contributed by atoms with Crippen molar-refractivity contribution in [3.8, 4) is 5.75 Å². The van der Waals surface area contributed by atoms with E-state index in [9.17, 15) is 8.78 Å². The summed E-state index contributed by atoms with van der Waals surface area (Å²) in [7, 11) is 3.25. The Bertz CT molecular complexity index is 555. The van der Waals surface area contributed by atoms with Crippen molar-refractivity contribution in [3.63, 3.8) is 0 Å². The third-order valence-corrected chi connectivity index (χ3v) is 2.81. The summed E-state index contributed by atoms with van der Waals surface area (Å²) < 4.78 is 31.6. The van der Waals surface area contributed by atoms with Crippen LogP contribution in [0.3, 0.4) is 0 Å². The van der Waals surface area contributed by atoms with Crippen molar-refractivity contribution in [2.24, 2.45) is 0 Å². The van der Waals surface area contributed by atoms with Gasteiger partial charge in [-0.3, -0.25) is 4.98 Å². The maximum absolute atomic E-state index is 13.3. The van der Waals surface area contributed by atoms with Crippen LogP contribution in [0.2, 0.25) is 0 Å². The quantitative estimate of drug-likeness (QED) is 0.922. The third kappa shape index (κ3) is 3.06. The molecule has 0 spiro atoms. The highest BCUT2D eigenvalue weighted by Gasteiger charge is 2.15. The Labute approximate surface area is 110 Å². The maximum Gasteiger partial charge on any atom is 0.137 e. The summed E-state index contributed by atoms with van der Waals surface area (Å²) in [5.74, 6) is -0.619. The average Bonchev–Trinajstić information content (AvgIpc) is 2.39. The number of hydrogen-bond acceptors (Lipinski definition) is 3. The van der Waals surface area contributed by atoms with Crippen LogP contribution in [-0.4, -0.2) is 19.1 Å². The monoisotopic (exact) mass is 264 g/mol. The molecule has 2 aromatic rings. The minimum absolute atomic E-state index is 0.354. The zero-order valence-corrected chi connectivity index (χ0v) is 10.7. The van der Waals surface area contributed by atoms with E-state index in [4.69, 9.17) is 4.74 Å². The van der Waals surface area contributed by atoms with Crippen molar-refractivity contribution < 1.29 is 13.5 Å². The van der Waals surface area contributed by atoms with E-state index in [1.165, 1.54) is 19.2 Å². The molecule has 0 aliphatic heterocycles. The first-order valence-corrected chi connectivity index (χ1v) is 5.76. The number of halogens is 2. The third-order valence-electron chi connectivity index (χ3n) is 2.81. The van der Waals surface area contributed by atoms with Crippen LogP contribution in [0.5, 0.6) is 5.75 Å². The minimum Gasteiger partial charge on any atom is -0.495 e. The Hall–Kier alpha value is -2.01. The predicted octanol–water partition coefficient (Wildman–Crippen LogP) is 2.68. The SMILES string of the molecule is CNC(c1cc(F)cc(F)c1)c1cncc(OC)c1. The molecule has 19 heavy (non-hydrogen) atoms. The van der Waals surface area contributed by atoms with Crippen LogP contribution in [0.25, 0.3) is 0 Å². The fourth-order valence-electron chi connectivity index (χ4n) is 1.97. The smallest absolute Gasteiger partial charge is 0.137 e. The number of aromatic nitrogens is 1. The molecule has 0 saturated carbocycles. The molecule has 1 atom stereocenters. The van der Waals surface area contributed by atoms with E-state index in [0.29, 0.717) is 11.3 Å². The molecule has 0 fully saturated rings. The predicted molar refractivity (Wildman–Crippen MR) is 68.0 cm³/mol. The van der Waals surface area contributed by atoms with Gasteiger partial charge in [-0.25, -0.2) is 8.78 Å². The molecule has 0 aliphatic carbocycles. The van der Waals surface area contributed by atoms with Crippen molar-refractivity contribution in [3.05, 3.63) is 59.4 Å². The second-order valence-corrected chi connectivity index (χ2v) is 4.08. The fourth-order valence-corrected chi connectivity index (χ4v) is 1.97. The second kappa shape index (κ2) is 5.75. The van der Waals surface area contributed by atoms with Gasteiger partial charge in [-0.15, -0.1) is 0 Å². The lowest BCUT2D eigenvalue weighted by Gasteiger charge is -2.17. The van der Waals surface area contributed by atoms with E-state index >= 15 is 0 Å². The number of benzene rings is 1. The molecule has 1 N–H and O–H groups in total. The molecule has 2 rings (SSSR count). The Kier molecular flexibility index (Phi) is 4.06. The van der Waals surface area contributed by atoms with Crippen LogP contribution in [0, 0.1) is 11.6 Å². The Morgan fingerprint density at radius 1 is 1.05 bits per heavy atom. The topological polar surface area (TPSA) is 34.2 Å². The van der Waals surface area contributed by atoms with Gasteiger partial charge < -0.3 is 10.1 Å². The zero-order chi connectivity index (χ0) is 13.8. The molecule has 1 unspecified atom stereocenters. The summed E-state index contributed by atoms with van der Waals surface area (Å²) in [4.78, 5) is 4.04. The van der Waals surface area contributed by atoms with Gasteiger partial charge in [0.2, 0.25) is 0 Å². The highest BCUT2D eigenvalue weighted by Crippen LogP contribution is 2.25. The molecule has 0 amide bonds. The molecule has 5 heteroatoms. The van der Waals surface area contributed by atoms with E-state index in [0.717, 1.165) is 11.6 Å². The summed E-state index contributed by atoms with van der Waals surface area (Å²) in [6.07, 6.45) is 3.20. The highest BCUT2D eigenvalue weighted by molar-refractivity contribution is 5.34. The van der Waals surface area contributed by atoms with Gasteiger partial charge in [-0.2, -0.15) is 0 Å². The summed E-state index contributed by atoms with van der Waals surface area (Å²) in [5.41, 5.74) is 1.27. The van der Waals surface area contributed by atoms with Crippen molar-refractivity contribution in [2.45, 2.75) is 6.04 Å². The molecule has 1 aromatic heterocycles. The number of nitrogens with zero attached hydrogens (tertiary/aromatic N) is 1. The summed E-state index contributed by atoms with van der Waals surface area (Å²) in [6, 6.07) is 4.86. The van der Waals surface area contributed by atoms with Crippen LogP contribution in [0.1, 0.15) is 17.2 Å². The van der Waals surface area contributed by atoms with Crippen molar-refractivity contribution in [2.75, 3.05) is 14.2 Å². The van der Waals surface area contributed by atoms with Gasteiger partial charge >= 0.3 is 0 Å². The average molecular weight is 264 g/mol. The van der Waals surface area contributed by atoms with E-state index in [2.05, 4.69) is 10.3 Å². The zero-order valence-electron chi connectivity index (χ0n) is 10.7. The Morgan fingerprint density at radius 2 is 1.74 bits per heavy atom. The van der Waals surface area contributed by atoms with E-state index in [-0.39, 0.29) is 6.04 Å². The molecule has 1 aromatic carbocycles. The number of hydrogen-bond donors (Lipinski definition) is 1. The number of nitrogens with one attached hydrogen (secondary N) is 1. The van der Waals surface area contributed by atoms with Crippen LogP contribution in [-0.2, 0) is 0 Å². The lowest BCUT2D eigenvalue weighted by Crippen LogP contribution is -2.18. The minimum atomic E-state index is -0.605.